The predicted octanol–water partition coefficient (Wildman–Crippen LogP) is 2.23. The summed E-state index contributed by atoms with van der Waals surface area (Å²) in [5.41, 5.74) is 1.86. The lowest BCUT2D eigenvalue weighted by Gasteiger charge is -2.10. The topological polar surface area (TPSA) is 123 Å². The van der Waals surface area contributed by atoms with Gasteiger partial charge in [0.25, 0.3) is 5.91 Å². The molecule has 0 fully saturated rings. The fraction of sp³-hybridized carbons (Fsp3) is 0.176. The molecule has 0 radical (unpaired) electrons. The van der Waals surface area contributed by atoms with Gasteiger partial charge in [-0.05, 0) is 25.1 Å². The van der Waals surface area contributed by atoms with Gasteiger partial charge in [0.05, 0.1) is 17.7 Å². The predicted molar refractivity (Wildman–Crippen MR) is 93.6 cm³/mol. The summed E-state index contributed by atoms with van der Waals surface area (Å²) >= 11 is 0. The van der Waals surface area contributed by atoms with E-state index in [2.05, 4.69) is 10.5 Å². The molecule has 0 aliphatic carbocycles. The van der Waals surface area contributed by atoms with E-state index >= 15 is 0 Å². The van der Waals surface area contributed by atoms with Crippen LogP contribution >= 0.6 is 0 Å². The lowest BCUT2D eigenvalue weighted by atomic mass is 10.2. The average molecular weight is 359 g/mol. The number of hydrogen-bond acceptors (Lipinski definition) is 7. The van der Waals surface area contributed by atoms with Crippen LogP contribution in [0.5, 0.6) is 17.2 Å². The Labute approximate surface area is 149 Å². The number of nitro benzene ring substituents is 1. The monoisotopic (exact) mass is 359 g/mol. The van der Waals surface area contributed by atoms with Crippen LogP contribution < -0.4 is 14.9 Å². The molecule has 0 aliphatic rings. The zero-order chi connectivity index (χ0) is 18.9. The van der Waals surface area contributed by atoms with Crippen molar-refractivity contribution in [2.24, 2.45) is 5.10 Å². The summed E-state index contributed by atoms with van der Waals surface area (Å²) in [4.78, 5) is 21.8. The number of nitrogens with one attached hydrogen (secondary N) is 1. The highest BCUT2D eigenvalue weighted by molar-refractivity contribution is 5.87. The number of hydrogen-bond donors (Lipinski definition) is 2. The van der Waals surface area contributed by atoms with Crippen molar-refractivity contribution < 1.29 is 24.3 Å². The second-order valence-electron chi connectivity index (χ2n) is 4.93. The van der Waals surface area contributed by atoms with Crippen LogP contribution in [0.15, 0.2) is 47.6 Å². The van der Waals surface area contributed by atoms with Gasteiger partial charge >= 0.3 is 5.69 Å². The molecular formula is C17H17N3O6. The largest absolute Gasteiger partial charge is 0.502 e. The highest BCUT2D eigenvalue weighted by Gasteiger charge is 2.15. The first-order valence-corrected chi connectivity index (χ1v) is 7.65. The van der Waals surface area contributed by atoms with E-state index in [-0.39, 0.29) is 12.2 Å². The van der Waals surface area contributed by atoms with E-state index in [1.54, 1.807) is 24.3 Å². The number of para-hydroxylation sites is 3. The third-order valence-corrected chi connectivity index (χ3v) is 3.14. The molecule has 9 nitrogen and oxygen atoms in total. The summed E-state index contributed by atoms with van der Waals surface area (Å²) in [7, 11) is 0. The van der Waals surface area contributed by atoms with Gasteiger partial charge in [-0.25, -0.2) is 5.43 Å². The average Bonchev–Trinajstić information content (AvgIpc) is 2.62. The lowest BCUT2D eigenvalue weighted by molar-refractivity contribution is -0.385. The van der Waals surface area contributed by atoms with Crippen molar-refractivity contribution in [3.63, 3.8) is 0 Å². The maximum atomic E-state index is 11.8. The molecule has 0 spiro atoms. The number of nitro groups is 1. The van der Waals surface area contributed by atoms with Crippen molar-refractivity contribution in [1.29, 1.82) is 0 Å². The fourth-order valence-corrected chi connectivity index (χ4v) is 1.99. The smallest absolute Gasteiger partial charge is 0.311 e. The molecule has 0 bridgehead atoms. The highest BCUT2D eigenvalue weighted by atomic mass is 16.6. The SMILES string of the molecule is CCOc1ccccc1OCC(=O)NN=Cc1cccc([N+](=O)[O-])c1O. The third-order valence-electron chi connectivity index (χ3n) is 3.14. The number of amides is 1. The Morgan fingerprint density at radius 2 is 1.92 bits per heavy atom. The van der Waals surface area contributed by atoms with Gasteiger partial charge in [-0.3, -0.25) is 14.9 Å². The number of nitrogens with zero attached hydrogens (tertiary/aromatic N) is 2. The van der Waals surface area contributed by atoms with Crippen molar-refractivity contribution in [2.75, 3.05) is 13.2 Å². The summed E-state index contributed by atoms with van der Waals surface area (Å²) in [6.45, 7) is 1.99. The molecule has 0 atom stereocenters. The first-order chi connectivity index (χ1) is 12.5. The van der Waals surface area contributed by atoms with E-state index in [1.807, 2.05) is 6.92 Å². The van der Waals surface area contributed by atoms with Crippen molar-refractivity contribution in [3.8, 4) is 17.2 Å². The summed E-state index contributed by atoms with van der Waals surface area (Å²) in [5.74, 6) is -0.132. The molecule has 0 unspecified atom stereocenters. The molecule has 0 aromatic heterocycles. The number of carbonyl (C=O) groups excluding carboxylic acids is 1. The second kappa shape index (κ2) is 9.02. The van der Waals surface area contributed by atoms with Crippen molar-refractivity contribution >= 4 is 17.8 Å². The zero-order valence-electron chi connectivity index (χ0n) is 13.9. The minimum Gasteiger partial charge on any atom is -0.502 e. The van der Waals surface area contributed by atoms with Gasteiger partial charge < -0.3 is 14.6 Å². The van der Waals surface area contributed by atoms with Crippen LogP contribution in [-0.4, -0.2) is 35.4 Å². The number of aromatic hydroxyl groups is 1. The van der Waals surface area contributed by atoms with Gasteiger partial charge in [0.2, 0.25) is 5.75 Å². The molecule has 2 aromatic rings. The highest BCUT2D eigenvalue weighted by Crippen LogP contribution is 2.28. The Morgan fingerprint density at radius 3 is 2.58 bits per heavy atom. The van der Waals surface area contributed by atoms with Gasteiger partial charge in [-0.15, -0.1) is 0 Å². The Hall–Kier alpha value is -3.62. The second-order valence-corrected chi connectivity index (χ2v) is 4.93. The van der Waals surface area contributed by atoms with E-state index in [1.165, 1.54) is 12.1 Å². The Morgan fingerprint density at radius 1 is 1.23 bits per heavy atom. The fourth-order valence-electron chi connectivity index (χ4n) is 1.99. The van der Waals surface area contributed by atoms with E-state index < -0.39 is 22.3 Å². The van der Waals surface area contributed by atoms with Gasteiger partial charge in [0, 0.05) is 11.6 Å². The zero-order valence-corrected chi connectivity index (χ0v) is 13.9. The molecular weight excluding hydrogens is 342 g/mol. The lowest BCUT2D eigenvalue weighted by Crippen LogP contribution is -2.24. The van der Waals surface area contributed by atoms with E-state index in [0.717, 1.165) is 12.3 Å². The number of phenolic OH excluding ortho intramolecular Hbond substituents is 1. The number of rotatable bonds is 8. The Balaban J connectivity index is 1.92. The Kier molecular flexibility index (Phi) is 6.49. The first-order valence-electron chi connectivity index (χ1n) is 7.65. The minimum absolute atomic E-state index is 0.0992. The molecule has 9 heteroatoms. The van der Waals surface area contributed by atoms with Crippen molar-refractivity contribution in [2.45, 2.75) is 6.92 Å². The molecule has 26 heavy (non-hydrogen) atoms. The van der Waals surface area contributed by atoms with Crippen LogP contribution in [0.4, 0.5) is 5.69 Å². The Bertz CT molecular complexity index is 822. The van der Waals surface area contributed by atoms with Gasteiger partial charge in [-0.2, -0.15) is 5.10 Å². The molecule has 1 amide bonds. The van der Waals surface area contributed by atoms with E-state index in [4.69, 9.17) is 9.47 Å². The van der Waals surface area contributed by atoms with Crippen molar-refractivity contribution in [1.82, 2.24) is 5.43 Å². The summed E-state index contributed by atoms with van der Waals surface area (Å²) in [5, 5.41) is 24.2. The van der Waals surface area contributed by atoms with Crippen molar-refractivity contribution in [3.05, 3.63) is 58.1 Å². The van der Waals surface area contributed by atoms with Crippen LogP contribution in [-0.2, 0) is 4.79 Å². The van der Waals surface area contributed by atoms with Crippen LogP contribution in [0.25, 0.3) is 0 Å². The molecule has 2 N–H and O–H groups in total. The minimum atomic E-state index is -0.713. The number of ether oxygens (including phenoxy) is 2. The number of phenols is 1. The van der Waals surface area contributed by atoms with Gasteiger partial charge in [-0.1, -0.05) is 18.2 Å². The molecule has 0 saturated heterocycles. The molecule has 0 heterocycles. The molecule has 0 saturated carbocycles. The van der Waals surface area contributed by atoms with Gasteiger partial charge in [0.15, 0.2) is 18.1 Å². The van der Waals surface area contributed by atoms with Crippen LogP contribution in [0.1, 0.15) is 12.5 Å². The summed E-state index contributed by atoms with van der Waals surface area (Å²) in [6.07, 6.45) is 1.11. The summed E-state index contributed by atoms with van der Waals surface area (Å²) in [6, 6.07) is 10.9. The van der Waals surface area contributed by atoms with E-state index in [0.29, 0.717) is 18.1 Å². The third kappa shape index (κ3) is 4.94. The number of benzene rings is 2. The van der Waals surface area contributed by atoms with Gasteiger partial charge in [0.1, 0.15) is 0 Å². The molecule has 0 aliphatic heterocycles. The normalized spacial score (nSPS) is 10.5. The molecule has 2 aromatic carbocycles. The van der Waals surface area contributed by atoms with Crippen LogP contribution in [0.3, 0.4) is 0 Å². The van der Waals surface area contributed by atoms with Crippen LogP contribution in [0, 0.1) is 10.1 Å². The van der Waals surface area contributed by atoms with E-state index in [9.17, 15) is 20.0 Å². The first kappa shape index (κ1) is 18.7. The standard InChI is InChI=1S/C17H17N3O6/c1-2-25-14-8-3-4-9-15(14)26-11-16(21)19-18-10-12-6-5-7-13(17(12)22)20(23)24/h3-10,22H,2,11H2,1H3,(H,19,21). The maximum absolute atomic E-state index is 11.8. The summed E-state index contributed by atoms with van der Waals surface area (Å²) < 4.78 is 10.8. The quantitative estimate of drug-likeness (QED) is 0.423. The molecule has 136 valence electrons. The van der Waals surface area contributed by atoms with Crippen LogP contribution in [0.2, 0.25) is 0 Å². The molecule has 2 rings (SSSR count). The number of hydrazone groups is 1. The maximum Gasteiger partial charge on any atom is 0.311 e. The number of carbonyl (C=O) groups is 1.